The van der Waals surface area contributed by atoms with Crippen molar-refractivity contribution >= 4 is 0 Å². The molecule has 2 unspecified atom stereocenters. The van der Waals surface area contributed by atoms with Gasteiger partial charge in [0.05, 0.1) is 7.11 Å². The van der Waals surface area contributed by atoms with Crippen LogP contribution in [0.4, 0.5) is 0 Å². The van der Waals surface area contributed by atoms with Crippen molar-refractivity contribution < 1.29 is 4.74 Å². The van der Waals surface area contributed by atoms with Crippen LogP contribution in [0.3, 0.4) is 0 Å². The van der Waals surface area contributed by atoms with Gasteiger partial charge in [-0.15, -0.1) is 0 Å². The van der Waals surface area contributed by atoms with Crippen LogP contribution in [0.5, 0.6) is 5.75 Å². The van der Waals surface area contributed by atoms with Crippen LogP contribution >= 0.6 is 0 Å². The third kappa shape index (κ3) is 3.10. The molecular weight excluding hydrogens is 236 g/mol. The van der Waals surface area contributed by atoms with Gasteiger partial charge in [-0.1, -0.05) is 12.1 Å². The van der Waals surface area contributed by atoms with E-state index in [9.17, 15) is 0 Å². The van der Waals surface area contributed by atoms with Crippen LogP contribution in [0, 0.1) is 0 Å². The van der Waals surface area contributed by atoms with Crippen molar-refractivity contribution in [2.75, 3.05) is 20.2 Å². The van der Waals surface area contributed by atoms with Gasteiger partial charge in [-0.3, -0.25) is 4.90 Å². The summed E-state index contributed by atoms with van der Waals surface area (Å²) in [7, 11) is 1.71. The van der Waals surface area contributed by atoms with Crippen molar-refractivity contribution in [3.05, 3.63) is 29.8 Å². The highest BCUT2D eigenvalue weighted by Crippen LogP contribution is 2.30. The summed E-state index contributed by atoms with van der Waals surface area (Å²) in [5, 5.41) is 3.76. The number of hydrogen-bond acceptors (Lipinski definition) is 3. The molecule has 1 heterocycles. The number of likely N-dealkylation sites (tertiary alicyclic amines) is 1. The number of rotatable bonds is 5. The van der Waals surface area contributed by atoms with E-state index in [1.54, 1.807) is 7.11 Å². The molecule has 1 aliphatic heterocycles. The molecule has 1 saturated carbocycles. The van der Waals surface area contributed by atoms with Gasteiger partial charge >= 0.3 is 0 Å². The maximum Gasteiger partial charge on any atom is 0.118 e. The van der Waals surface area contributed by atoms with Crippen LogP contribution < -0.4 is 10.1 Å². The van der Waals surface area contributed by atoms with Gasteiger partial charge in [0.25, 0.3) is 0 Å². The van der Waals surface area contributed by atoms with Crippen LogP contribution in [-0.4, -0.2) is 37.2 Å². The van der Waals surface area contributed by atoms with Gasteiger partial charge in [0.2, 0.25) is 0 Å². The summed E-state index contributed by atoms with van der Waals surface area (Å²) >= 11 is 0. The first kappa shape index (κ1) is 12.9. The molecule has 2 atom stereocenters. The van der Waals surface area contributed by atoms with Crippen molar-refractivity contribution in [1.82, 2.24) is 10.2 Å². The average molecular weight is 260 g/mol. The maximum absolute atomic E-state index is 5.20. The van der Waals surface area contributed by atoms with Crippen LogP contribution in [0.25, 0.3) is 0 Å². The van der Waals surface area contributed by atoms with E-state index in [2.05, 4.69) is 29.3 Å². The Morgan fingerprint density at radius 2 is 1.95 bits per heavy atom. The molecule has 2 fully saturated rings. The summed E-state index contributed by atoms with van der Waals surface area (Å²) in [6.45, 7) is 4.75. The second kappa shape index (κ2) is 5.51. The summed E-state index contributed by atoms with van der Waals surface area (Å²) in [5.41, 5.74) is 1.34. The number of benzene rings is 1. The summed E-state index contributed by atoms with van der Waals surface area (Å²) in [6.07, 6.45) is 4.12. The number of hydrogen-bond donors (Lipinski definition) is 1. The topological polar surface area (TPSA) is 24.5 Å². The Labute approximate surface area is 115 Å². The lowest BCUT2D eigenvalue weighted by atomic mass is 10.1. The predicted octanol–water partition coefficient (Wildman–Crippen LogP) is 2.58. The molecule has 0 bridgehead atoms. The molecule has 0 aromatic heterocycles. The van der Waals surface area contributed by atoms with Crippen LogP contribution in [0.1, 0.15) is 37.8 Å². The van der Waals surface area contributed by atoms with Gasteiger partial charge in [0.15, 0.2) is 0 Å². The Kier molecular flexibility index (Phi) is 3.76. The lowest BCUT2D eigenvalue weighted by molar-refractivity contribution is 0.313. The zero-order valence-electron chi connectivity index (χ0n) is 11.9. The number of nitrogens with zero attached hydrogens (tertiary/aromatic N) is 1. The molecular formula is C16H24N2O. The van der Waals surface area contributed by atoms with Gasteiger partial charge in [-0.2, -0.15) is 0 Å². The number of methoxy groups -OCH3 is 1. The molecule has 104 valence electrons. The first-order chi connectivity index (χ1) is 9.26. The van der Waals surface area contributed by atoms with Gasteiger partial charge in [-0.05, 0) is 43.9 Å². The lowest BCUT2D eigenvalue weighted by Crippen LogP contribution is -2.34. The number of nitrogens with one attached hydrogen (secondary N) is 1. The number of ether oxygens (including phenoxy) is 1. The van der Waals surface area contributed by atoms with Gasteiger partial charge in [0, 0.05) is 31.2 Å². The van der Waals surface area contributed by atoms with Crippen molar-refractivity contribution in [2.24, 2.45) is 0 Å². The molecule has 0 radical (unpaired) electrons. The molecule has 1 saturated heterocycles. The van der Waals surface area contributed by atoms with E-state index in [-0.39, 0.29) is 0 Å². The molecule has 3 heteroatoms. The van der Waals surface area contributed by atoms with E-state index in [0.29, 0.717) is 12.1 Å². The Hall–Kier alpha value is -1.06. The standard InChI is InChI=1S/C16H24N2O/c1-12(13-3-7-16(19-2)8-4-13)17-14-9-10-18(11-14)15-5-6-15/h3-4,7-8,12,14-15,17H,5-6,9-11H2,1-2H3. The van der Waals surface area contributed by atoms with E-state index in [1.807, 2.05) is 12.1 Å². The van der Waals surface area contributed by atoms with E-state index >= 15 is 0 Å². The summed E-state index contributed by atoms with van der Waals surface area (Å²) < 4.78 is 5.20. The summed E-state index contributed by atoms with van der Waals surface area (Å²) in [5.74, 6) is 0.928. The highest BCUT2D eigenvalue weighted by molar-refractivity contribution is 5.28. The second-order valence-electron chi connectivity index (χ2n) is 5.87. The molecule has 1 aromatic carbocycles. The molecule has 3 nitrogen and oxygen atoms in total. The van der Waals surface area contributed by atoms with Gasteiger partial charge in [0.1, 0.15) is 5.75 Å². The zero-order chi connectivity index (χ0) is 13.2. The smallest absolute Gasteiger partial charge is 0.118 e. The zero-order valence-corrected chi connectivity index (χ0v) is 11.9. The van der Waals surface area contributed by atoms with E-state index in [4.69, 9.17) is 4.74 Å². The first-order valence-electron chi connectivity index (χ1n) is 7.40. The predicted molar refractivity (Wildman–Crippen MR) is 77.5 cm³/mol. The van der Waals surface area contributed by atoms with Crippen molar-refractivity contribution in [3.8, 4) is 5.75 Å². The fraction of sp³-hybridized carbons (Fsp3) is 0.625. The Balaban J connectivity index is 1.53. The van der Waals surface area contributed by atoms with Gasteiger partial charge < -0.3 is 10.1 Å². The Bertz CT molecular complexity index is 413. The van der Waals surface area contributed by atoms with Gasteiger partial charge in [-0.25, -0.2) is 0 Å². The molecule has 1 aromatic rings. The fourth-order valence-corrected chi connectivity index (χ4v) is 3.04. The Morgan fingerprint density at radius 1 is 1.21 bits per heavy atom. The van der Waals surface area contributed by atoms with Crippen molar-refractivity contribution in [1.29, 1.82) is 0 Å². The normalized spacial score (nSPS) is 25.5. The molecule has 2 aliphatic rings. The molecule has 19 heavy (non-hydrogen) atoms. The van der Waals surface area contributed by atoms with Crippen LogP contribution in [0.2, 0.25) is 0 Å². The van der Waals surface area contributed by atoms with Crippen molar-refractivity contribution in [2.45, 2.75) is 44.3 Å². The van der Waals surface area contributed by atoms with Crippen LogP contribution in [0.15, 0.2) is 24.3 Å². The van der Waals surface area contributed by atoms with E-state index in [1.165, 1.54) is 37.9 Å². The molecule has 0 spiro atoms. The highest BCUT2D eigenvalue weighted by Gasteiger charge is 2.34. The Morgan fingerprint density at radius 3 is 2.58 bits per heavy atom. The third-order valence-electron chi connectivity index (χ3n) is 4.38. The molecule has 1 aliphatic carbocycles. The molecule has 3 rings (SSSR count). The van der Waals surface area contributed by atoms with E-state index in [0.717, 1.165) is 11.8 Å². The minimum atomic E-state index is 0.412. The average Bonchev–Trinajstić information content (AvgIpc) is 3.20. The van der Waals surface area contributed by atoms with Crippen LogP contribution in [-0.2, 0) is 0 Å². The minimum Gasteiger partial charge on any atom is -0.497 e. The highest BCUT2D eigenvalue weighted by atomic mass is 16.5. The largest absolute Gasteiger partial charge is 0.497 e. The van der Waals surface area contributed by atoms with Crippen molar-refractivity contribution in [3.63, 3.8) is 0 Å². The fourth-order valence-electron chi connectivity index (χ4n) is 3.04. The quantitative estimate of drug-likeness (QED) is 0.880. The minimum absolute atomic E-state index is 0.412. The second-order valence-corrected chi connectivity index (χ2v) is 5.87. The SMILES string of the molecule is COc1ccc(C(C)NC2CCN(C3CC3)C2)cc1. The third-order valence-corrected chi connectivity index (χ3v) is 4.38. The lowest BCUT2D eigenvalue weighted by Gasteiger charge is -2.21. The van der Waals surface area contributed by atoms with E-state index < -0.39 is 0 Å². The monoisotopic (exact) mass is 260 g/mol. The summed E-state index contributed by atoms with van der Waals surface area (Å²) in [4.78, 5) is 2.65. The molecule has 1 N–H and O–H groups in total. The molecule has 0 amide bonds. The maximum atomic E-state index is 5.20. The first-order valence-corrected chi connectivity index (χ1v) is 7.40. The summed E-state index contributed by atoms with van der Waals surface area (Å²) in [6, 6.07) is 10.4.